The van der Waals surface area contributed by atoms with Gasteiger partial charge in [-0.3, -0.25) is 4.99 Å². The van der Waals surface area contributed by atoms with Crippen molar-refractivity contribution in [1.82, 2.24) is 15.5 Å². The van der Waals surface area contributed by atoms with Gasteiger partial charge < -0.3 is 29.7 Å². The Balaban J connectivity index is 1.92. The van der Waals surface area contributed by atoms with Gasteiger partial charge in [0.1, 0.15) is 0 Å². The smallest absolute Gasteiger partial charge is 0.203 e. The summed E-state index contributed by atoms with van der Waals surface area (Å²) in [5, 5.41) is 6.85. The molecule has 1 saturated heterocycles. The van der Waals surface area contributed by atoms with Crippen LogP contribution in [0, 0.1) is 5.92 Å². The zero-order chi connectivity index (χ0) is 20.5. The van der Waals surface area contributed by atoms with Crippen LogP contribution >= 0.6 is 0 Å². The van der Waals surface area contributed by atoms with Crippen LogP contribution in [-0.4, -0.2) is 64.9 Å². The number of ether oxygens (including phenoxy) is 3. The molecule has 0 radical (unpaired) electrons. The molecule has 0 aliphatic carbocycles. The van der Waals surface area contributed by atoms with E-state index in [9.17, 15) is 0 Å². The lowest BCUT2D eigenvalue weighted by molar-refractivity contribution is 0.141. The normalized spacial score (nSPS) is 18.1. The molecule has 1 aliphatic heterocycles. The summed E-state index contributed by atoms with van der Waals surface area (Å²) in [5.41, 5.74) is 1.03. The fraction of sp³-hybridized carbons (Fsp3) is 0.667. The van der Waals surface area contributed by atoms with Crippen LogP contribution in [0.3, 0.4) is 0 Å². The SMILES string of the molecule is CN=C(NCc1cc(OC)c(OC)c(OC)c1)NCC1CCCN(C(C)C)C1. The molecular formula is C21H36N4O3. The summed E-state index contributed by atoms with van der Waals surface area (Å²) >= 11 is 0. The van der Waals surface area contributed by atoms with E-state index >= 15 is 0 Å². The molecule has 2 N–H and O–H groups in total. The number of hydrogen-bond donors (Lipinski definition) is 2. The van der Waals surface area contributed by atoms with Gasteiger partial charge in [-0.05, 0) is 56.8 Å². The van der Waals surface area contributed by atoms with Crippen LogP contribution in [0.4, 0.5) is 0 Å². The number of benzene rings is 1. The van der Waals surface area contributed by atoms with Crippen molar-refractivity contribution >= 4 is 5.96 Å². The van der Waals surface area contributed by atoms with Gasteiger partial charge in [0, 0.05) is 32.7 Å². The molecule has 1 fully saturated rings. The minimum atomic E-state index is 0.600. The standard InChI is InChI=1S/C21H36N4O3/c1-15(2)25-9-7-8-16(14-25)12-23-21(22-3)24-13-17-10-18(26-4)20(28-6)19(11-17)27-5/h10-11,15-16H,7-9,12-14H2,1-6H3,(H2,22,23,24). The van der Waals surface area contributed by atoms with Crippen LogP contribution in [0.5, 0.6) is 17.2 Å². The third-order valence-corrected chi connectivity index (χ3v) is 5.25. The van der Waals surface area contributed by atoms with Gasteiger partial charge in [0.15, 0.2) is 17.5 Å². The van der Waals surface area contributed by atoms with E-state index in [-0.39, 0.29) is 0 Å². The Bertz CT molecular complexity index is 624. The molecule has 1 heterocycles. The number of rotatable bonds is 8. The highest BCUT2D eigenvalue weighted by atomic mass is 16.5. The van der Waals surface area contributed by atoms with Gasteiger partial charge in [-0.25, -0.2) is 0 Å². The molecule has 0 aromatic heterocycles. The number of nitrogens with zero attached hydrogens (tertiary/aromatic N) is 2. The van der Waals surface area contributed by atoms with Crippen molar-refractivity contribution in [2.24, 2.45) is 10.9 Å². The average molecular weight is 393 g/mol. The molecule has 1 atom stereocenters. The lowest BCUT2D eigenvalue weighted by atomic mass is 9.97. The number of methoxy groups -OCH3 is 3. The maximum absolute atomic E-state index is 5.43. The predicted octanol–water partition coefficient (Wildman–Crippen LogP) is 2.50. The van der Waals surface area contributed by atoms with Crippen LogP contribution in [0.1, 0.15) is 32.3 Å². The van der Waals surface area contributed by atoms with Gasteiger partial charge in [-0.15, -0.1) is 0 Å². The molecule has 0 bridgehead atoms. The van der Waals surface area contributed by atoms with E-state index in [4.69, 9.17) is 14.2 Å². The molecule has 7 heteroatoms. The summed E-state index contributed by atoms with van der Waals surface area (Å²) in [5.74, 6) is 3.35. The molecule has 158 valence electrons. The van der Waals surface area contributed by atoms with Crippen LogP contribution in [0.25, 0.3) is 0 Å². The molecule has 1 unspecified atom stereocenters. The fourth-order valence-electron chi connectivity index (χ4n) is 3.62. The third-order valence-electron chi connectivity index (χ3n) is 5.25. The number of guanidine groups is 1. The number of aliphatic imine (C=N–C) groups is 1. The third kappa shape index (κ3) is 5.92. The topological polar surface area (TPSA) is 67.4 Å². The summed E-state index contributed by atoms with van der Waals surface area (Å²) < 4.78 is 16.2. The number of hydrogen-bond acceptors (Lipinski definition) is 5. The van der Waals surface area contributed by atoms with Crippen LogP contribution in [-0.2, 0) is 6.54 Å². The number of piperidine rings is 1. The van der Waals surface area contributed by atoms with Crippen molar-refractivity contribution < 1.29 is 14.2 Å². The average Bonchev–Trinajstić information content (AvgIpc) is 2.73. The van der Waals surface area contributed by atoms with Gasteiger partial charge in [-0.1, -0.05) is 0 Å². The Morgan fingerprint density at radius 1 is 1.14 bits per heavy atom. The largest absolute Gasteiger partial charge is 0.493 e. The molecule has 0 saturated carbocycles. The molecule has 1 aromatic carbocycles. The van der Waals surface area contributed by atoms with Crippen LogP contribution in [0.2, 0.25) is 0 Å². The first-order valence-corrected chi connectivity index (χ1v) is 9.99. The fourth-order valence-corrected chi connectivity index (χ4v) is 3.62. The van der Waals surface area contributed by atoms with Crippen molar-refractivity contribution in [3.05, 3.63) is 17.7 Å². The second-order valence-corrected chi connectivity index (χ2v) is 7.44. The van der Waals surface area contributed by atoms with Crippen molar-refractivity contribution in [2.75, 3.05) is 48.0 Å². The Kier molecular flexibility index (Phi) is 8.70. The minimum Gasteiger partial charge on any atom is -0.493 e. The highest BCUT2D eigenvalue weighted by Gasteiger charge is 2.21. The van der Waals surface area contributed by atoms with Gasteiger partial charge >= 0.3 is 0 Å². The summed E-state index contributed by atoms with van der Waals surface area (Å²) in [6.07, 6.45) is 2.53. The molecule has 7 nitrogen and oxygen atoms in total. The summed E-state index contributed by atoms with van der Waals surface area (Å²) in [7, 11) is 6.65. The molecule has 1 aliphatic rings. The van der Waals surface area contributed by atoms with E-state index in [0.29, 0.717) is 35.8 Å². The van der Waals surface area contributed by atoms with Gasteiger partial charge in [0.2, 0.25) is 5.75 Å². The lowest BCUT2D eigenvalue weighted by Crippen LogP contribution is -2.45. The van der Waals surface area contributed by atoms with E-state index in [1.807, 2.05) is 12.1 Å². The lowest BCUT2D eigenvalue weighted by Gasteiger charge is -2.35. The summed E-state index contributed by atoms with van der Waals surface area (Å²) in [6, 6.07) is 4.51. The Hall–Kier alpha value is -2.15. The second kappa shape index (κ2) is 11.0. The summed E-state index contributed by atoms with van der Waals surface area (Å²) in [4.78, 5) is 6.91. The van der Waals surface area contributed by atoms with E-state index in [1.165, 1.54) is 19.4 Å². The molecule has 0 amide bonds. The number of likely N-dealkylation sites (tertiary alicyclic amines) is 1. The van der Waals surface area contributed by atoms with E-state index in [0.717, 1.165) is 24.6 Å². The first-order valence-electron chi connectivity index (χ1n) is 9.99. The molecule has 2 rings (SSSR count). The second-order valence-electron chi connectivity index (χ2n) is 7.44. The predicted molar refractivity (Wildman–Crippen MR) is 114 cm³/mol. The van der Waals surface area contributed by atoms with Crippen molar-refractivity contribution in [2.45, 2.75) is 39.3 Å². The van der Waals surface area contributed by atoms with E-state index in [1.54, 1.807) is 28.4 Å². The van der Waals surface area contributed by atoms with Crippen molar-refractivity contribution in [3.8, 4) is 17.2 Å². The van der Waals surface area contributed by atoms with Crippen LogP contribution in [0.15, 0.2) is 17.1 Å². The Labute approximate surface area is 169 Å². The zero-order valence-electron chi connectivity index (χ0n) is 18.2. The molecular weight excluding hydrogens is 356 g/mol. The Morgan fingerprint density at radius 2 is 1.82 bits per heavy atom. The first-order chi connectivity index (χ1) is 13.5. The maximum Gasteiger partial charge on any atom is 0.203 e. The maximum atomic E-state index is 5.43. The van der Waals surface area contributed by atoms with E-state index in [2.05, 4.69) is 34.4 Å². The number of nitrogens with one attached hydrogen (secondary N) is 2. The monoisotopic (exact) mass is 392 g/mol. The zero-order valence-corrected chi connectivity index (χ0v) is 18.2. The van der Waals surface area contributed by atoms with Gasteiger partial charge in [0.05, 0.1) is 21.3 Å². The first kappa shape index (κ1) is 22.1. The van der Waals surface area contributed by atoms with E-state index < -0.39 is 0 Å². The van der Waals surface area contributed by atoms with Crippen molar-refractivity contribution in [3.63, 3.8) is 0 Å². The van der Waals surface area contributed by atoms with Gasteiger partial charge in [0.25, 0.3) is 0 Å². The molecule has 0 spiro atoms. The minimum absolute atomic E-state index is 0.600. The molecule has 28 heavy (non-hydrogen) atoms. The van der Waals surface area contributed by atoms with Crippen LogP contribution < -0.4 is 24.8 Å². The van der Waals surface area contributed by atoms with Gasteiger partial charge in [-0.2, -0.15) is 0 Å². The van der Waals surface area contributed by atoms with Crippen molar-refractivity contribution in [1.29, 1.82) is 0 Å². The highest BCUT2D eigenvalue weighted by molar-refractivity contribution is 5.79. The summed E-state index contributed by atoms with van der Waals surface area (Å²) in [6.45, 7) is 8.44. The molecule has 1 aromatic rings. The quantitative estimate of drug-likeness (QED) is 0.523. The Morgan fingerprint density at radius 3 is 2.36 bits per heavy atom. The highest BCUT2D eigenvalue weighted by Crippen LogP contribution is 2.38.